The van der Waals surface area contributed by atoms with Crippen LogP contribution >= 0.6 is 11.6 Å². The molecule has 1 aromatic carbocycles. The van der Waals surface area contributed by atoms with Crippen molar-refractivity contribution in [1.82, 2.24) is 9.80 Å². The van der Waals surface area contributed by atoms with Crippen molar-refractivity contribution in [2.75, 3.05) is 33.7 Å². The number of hydrogen-bond acceptors (Lipinski definition) is 3. The minimum Gasteiger partial charge on any atom is -0.506 e. The van der Waals surface area contributed by atoms with Crippen LogP contribution < -0.4 is 0 Å². The van der Waals surface area contributed by atoms with Gasteiger partial charge in [-0.1, -0.05) is 17.7 Å². The lowest BCUT2D eigenvalue weighted by Crippen LogP contribution is -2.35. The summed E-state index contributed by atoms with van der Waals surface area (Å²) in [6.07, 6.45) is 2.58. The molecular weight excluding hydrogens is 260 g/mol. The summed E-state index contributed by atoms with van der Waals surface area (Å²) in [5.41, 5.74) is 1.15. The van der Waals surface area contributed by atoms with Crippen molar-refractivity contribution in [3.8, 4) is 5.75 Å². The molecule has 1 aliphatic heterocycles. The van der Waals surface area contributed by atoms with Crippen LogP contribution in [-0.4, -0.2) is 48.6 Å². The fourth-order valence-corrected chi connectivity index (χ4v) is 2.91. The highest BCUT2D eigenvalue weighted by Crippen LogP contribution is 2.24. The van der Waals surface area contributed by atoms with Crippen LogP contribution in [0.3, 0.4) is 0 Å². The van der Waals surface area contributed by atoms with Gasteiger partial charge in [0.05, 0.1) is 5.02 Å². The molecule has 0 aliphatic carbocycles. The van der Waals surface area contributed by atoms with Crippen molar-refractivity contribution in [1.29, 1.82) is 0 Å². The zero-order valence-electron chi connectivity index (χ0n) is 11.8. The van der Waals surface area contributed by atoms with Gasteiger partial charge in [-0.25, -0.2) is 0 Å². The second-order valence-electron chi connectivity index (χ2n) is 5.73. The topological polar surface area (TPSA) is 26.7 Å². The van der Waals surface area contributed by atoms with Gasteiger partial charge in [0.15, 0.2) is 0 Å². The summed E-state index contributed by atoms with van der Waals surface area (Å²) in [6, 6.07) is 5.45. The van der Waals surface area contributed by atoms with Gasteiger partial charge in [-0.15, -0.1) is 0 Å². The van der Waals surface area contributed by atoms with E-state index >= 15 is 0 Å². The lowest BCUT2D eigenvalue weighted by atomic mass is 9.96. The second kappa shape index (κ2) is 6.60. The van der Waals surface area contributed by atoms with Gasteiger partial charge in [0.25, 0.3) is 0 Å². The molecule has 4 heteroatoms. The number of likely N-dealkylation sites (tertiary alicyclic amines) is 1. The van der Waals surface area contributed by atoms with Crippen LogP contribution in [0.4, 0.5) is 0 Å². The highest BCUT2D eigenvalue weighted by molar-refractivity contribution is 6.32. The number of nitrogens with zero attached hydrogens (tertiary/aromatic N) is 2. The van der Waals surface area contributed by atoms with E-state index in [-0.39, 0.29) is 5.75 Å². The molecule has 1 aromatic rings. The molecule has 106 valence electrons. The Labute approximate surface area is 120 Å². The van der Waals surface area contributed by atoms with E-state index in [0.29, 0.717) is 5.02 Å². The summed E-state index contributed by atoms with van der Waals surface area (Å²) in [7, 11) is 4.34. The van der Waals surface area contributed by atoms with Crippen molar-refractivity contribution >= 4 is 11.6 Å². The Morgan fingerprint density at radius 3 is 2.68 bits per heavy atom. The number of phenolic OH excluding ortho intramolecular Hbond substituents is 1. The second-order valence-corrected chi connectivity index (χ2v) is 6.14. The van der Waals surface area contributed by atoms with E-state index in [0.717, 1.165) is 24.6 Å². The molecule has 0 radical (unpaired) electrons. The summed E-state index contributed by atoms with van der Waals surface area (Å²) in [4.78, 5) is 4.74. The van der Waals surface area contributed by atoms with Gasteiger partial charge < -0.3 is 14.9 Å². The number of aromatic hydroxyl groups is 1. The molecule has 1 N–H and O–H groups in total. The van der Waals surface area contributed by atoms with Crippen LogP contribution in [0.2, 0.25) is 5.02 Å². The highest BCUT2D eigenvalue weighted by atomic mass is 35.5. The first-order valence-electron chi connectivity index (χ1n) is 6.89. The molecular formula is C15H23ClN2O. The van der Waals surface area contributed by atoms with E-state index in [4.69, 9.17) is 11.6 Å². The van der Waals surface area contributed by atoms with E-state index in [1.165, 1.54) is 25.9 Å². The van der Waals surface area contributed by atoms with E-state index in [1.807, 2.05) is 12.1 Å². The summed E-state index contributed by atoms with van der Waals surface area (Å²) < 4.78 is 0. The molecule has 0 unspecified atom stereocenters. The van der Waals surface area contributed by atoms with Crippen molar-refractivity contribution in [3.05, 3.63) is 28.8 Å². The van der Waals surface area contributed by atoms with Crippen molar-refractivity contribution in [3.63, 3.8) is 0 Å². The Hall–Kier alpha value is -0.770. The van der Waals surface area contributed by atoms with Crippen LogP contribution in [0.5, 0.6) is 5.75 Å². The maximum absolute atomic E-state index is 9.41. The third-order valence-corrected chi connectivity index (χ3v) is 4.18. The maximum Gasteiger partial charge on any atom is 0.134 e. The Bertz CT molecular complexity index is 417. The normalized spacial score (nSPS) is 18.1. The van der Waals surface area contributed by atoms with Crippen LogP contribution in [0, 0.1) is 5.92 Å². The Balaban J connectivity index is 1.83. The van der Waals surface area contributed by atoms with Crippen LogP contribution in [-0.2, 0) is 6.54 Å². The lowest BCUT2D eigenvalue weighted by molar-refractivity contribution is 0.173. The van der Waals surface area contributed by atoms with Crippen LogP contribution in [0.15, 0.2) is 18.2 Å². The van der Waals surface area contributed by atoms with Gasteiger partial charge in [0.2, 0.25) is 0 Å². The summed E-state index contributed by atoms with van der Waals surface area (Å²) >= 11 is 5.93. The molecule has 0 amide bonds. The van der Waals surface area contributed by atoms with Gasteiger partial charge >= 0.3 is 0 Å². The van der Waals surface area contributed by atoms with Crippen LogP contribution in [0.1, 0.15) is 18.4 Å². The quantitative estimate of drug-likeness (QED) is 0.920. The number of rotatable bonds is 4. The maximum atomic E-state index is 9.41. The Kier molecular flexibility index (Phi) is 5.08. The molecule has 19 heavy (non-hydrogen) atoms. The molecule has 1 aliphatic rings. The molecule has 2 rings (SSSR count). The monoisotopic (exact) mass is 282 g/mol. The molecule has 0 saturated carbocycles. The predicted molar refractivity (Wildman–Crippen MR) is 79.7 cm³/mol. The van der Waals surface area contributed by atoms with Gasteiger partial charge in [-0.3, -0.25) is 0 Å². The van der Waals surface area contributed by atoms with Crippen molar-refractivity contribution in [2.45, 2.75) is 19.4 Å². The molecule has 0 bridgehead atoms. The van der Waals surface area contributed by atoms with E-state index in [2.05, 4.69) is 23.9 Å². The highest BCUT2D eigenvalue weighted by Gasteiger charge is 2.18. The van der Waals surface area contributed by atoms with Gasteiger partial charge in [-0.05, 0) is 63.6 Å². The third kappa shape index (κ3) is 4.37. The Morgan fingerprint density at radius 1 is 1.37 bits per heavy atom. The first-order valence-corrected chi connectivity index (χ1v) is 7.27. The number of hydrogen-bond donors (Lipinski definition) is 1. The predicted octanol–water partition coefficient (Wildman–Crippen LogP) is 2.82. The Morgan fingerprint density at radius 2 is 2.05 bits per heavy atom. The average molecular weight is 283 g/mol. The fourth-order valence-electron chi connectivity index (χ4n) is 2.71. The van der Waals surface area contributed by atoms with Crippen molar-refractivity contribution in [2.24, 2.45) is 5.92 Å². The van der Waals surface area contributed by atoms with E-state index < -0.39 is 0 Å². The number of phenols is 1. The average Bonchev–Trinajstić information content (AvgIpc) is 2.37. The van der Waals surface area contributed by atoms with Gasteiger partial charge in [0, 0.05) is 13.1 Å². The van der Waals surface area contributed by atoms with E-state index in [1.54, 1.807) is 6.07 Å². The zero-order valence-corrected chi connectivity index (χ0v) is 12.5. The van der Waals surface area contributed by atoms with Gasteiger partial charge in [0.1, 0.15) is 5.75 Å². The summed E-state index contributed by atoms with van der Waals surface area (Å²) in [5.74, 6) is 0.956. The molecule has 1 saturated heterocycles. The standard InChI is InChI=1S/C15H23ClN2O/c1-17-7-5-12(6-8-17)10-18(2)11-13-3-4-15(19)14(16)9-13/h3-4,9,12,19H,5-8,10-11H2,1-2H3. The first-order chi connectivity index (χ1) is 9.04. The molecule has 1 heterocycles. The minimum absolute atomic E-state index is 0.156. The summed E-state index contributed by atoms with van der Waals surface area (Å²) in [5, 5.41) is 9.85. The van der Waals surface area contributed by atoms with Gasteiger partial charge in [-0.2, -0.15) is 0 Å². The molecule has 0 aromatic heterocycles. The van der Waals surface area contributed by atoms with E-state index in [9.17, 15) is 5.11 Å². The zero-order chi connectivity index (χ0) is 13.8. The molecule has 3 nitrogen and oxygen atoms in total. The third-order valence-electron chi connectivity index (χ3n) is 3.87. The van der Waals surface area contributed by atoms with Crippen molar-refractivity contribution < 1.29 is 5.11 Å². The minimum atomic E-state index is 0.156. The first kappa shape index (κ1) is 14.6. The summed E-state index contributed by atoms with van der Waals surface area (Å²) in [6.45, 7) is 4.44. The number of piperidine rings is 1. The SMILES string of the molecule is CN1CCC(CN(C)Cc2ccc(O)c(Cl)c2)CC1. The smallest absolute Gasteiger partial charge is 0.134 e. The number of halogens is 1. The largest absolute Gasteiger partial charge is 0.506 e. The fraction of sp³-hybridized carbons (Fsp3) is 0.600. The van der Waals surface area contributed by atoms with Crippen LogP contribution in [0.25, 0.3) is 0 Å². The number of benzene rings is 1. The molecule has 0 spiro atoms. The molecule has 1 fully saturated rings. The molecule has 0 atom stereocenters. The lowest BCUT2D eigenvalue weighted by Gasteiger charge is -2.31.